The van der Waals surface area contributed by atoms with E-state index in [4.69, 9.17) is 0 Å². The third kappa shape index (κ3) is 5.15. The van der Waals surface area contributed by atoms with Gasteiger partial charge in [-0.25, -0.2) is 0 Å². The number of alkyl halides is 3. The Bertz CT molecular complexity index is 981. The second kappa shape index (κ2) is 10.2. The number of rotatable bonds is 6. The molecule has 0 spiro atoms. The predicted octanol–water partition coefficient (Wildman–Crippen LogP) is 5.67. The maximum Gasteiger partial charge on any atom is 0.471 e. The number of hydrogen-bond acceptors (Lipinski definition) is 3. The number of halogens is 3. The van der Waals surface area contributed by atoms with Gasteiger partial charge in [-0.2, -0.15) is 13.2 Å². The molecule has 7 heteroatoms. The summed E-state index contributed by atoms with van der Waals surface area (Å²) in [6.07, 6.45) is -4.79. The van der Waals surface area contributed by atoms with E-state index >= 15 is 0 Å². The van der Waals surface area contributed by atoms with Crippen LogP contribution in [0.15, 0.2) is 91.0 Å². The monoisotopic (exact) mass is 485 g/mol. The van der Waals surface area contributed by atoms with Gasteiger partial charge in [-0.05, 0) is 36.0 Å². The smallest absolute Gasteiger partial charge is 0.392 e. The van der Waals surface area contributed by atoms with Crippen LogP contribution in [-0.2, 0) is 9.54 Å². The van der Waals surface area contributed by atoms with Gasteiger partial charge in [-0.3, -0.25) is 4.79 Å². The van der Waals surface area contributed by atoms with Crippen molar-refractivity contribution in [2.24, 2.45) is 0 Å². The minimum atomic E-state index is -4.93. The van der Waals surface area contributed by atoms with E-state index in [0.29, 0.717) is 12.8 Å². The fourth-order valence-corrected chi connectivity index (χ4v) is 6.48. The molecule has 3 aromatic rings. The maximum atomic E-state index is 12.8. The maximum absolute atomic E-state index is 12.8. The summed E-state index contributed by atoms with van der Waals surface area (Å²) in [5.74, 6) is -1.93. The van der Waals surface area contributed by atoms with Crippen LogP contribution < -0.4 is 5.32 Å². The van der Waals surface area contributed by atoms with E-state index in [2.05, 4.69) is 5.32 Å². The minimum Gasteiger partial charge on any atom is -0.392 e. The molecule has 0 bridgehead atoms. The molecular weight excluding hydrogens is 459 g/mol. The first-order chi connectivity index (χ1) is 16.3. The average Bonchev–Trinajstić information content (AvgIpc) is 2.85. The molecule has 1 saturated carbocycles. The fourth-order valence-electron chi connectivity index (χ4n) is 4.59. The van der Waals surface area contributed by atoms with Gasteiger partial charge in [-0.1, -0.05) is 91.0 Å². The Labute approximate surface area is 201 Å². The second-order valence-electron chi connectivity index (χ2n) is 8.48. The molecule has 0 radical (unpaired) electrons. The van der Waals surface area contributed by atoms with Crippen molar-refractivity contribution in [3.05, 3.63) is 108 Å². The molecule has 1 aliphatic carbocycles. The van der Waals surface area contributed by atoms with Crippen molar-refractivity contribution in [3.63, 3.8) is 0 Å². The van der Waals surface area contributed by atoms with Crippen molar-refractivity contribution in [2.75, 3.05) is 0 Å². The zero-order valence-electron chi connectivity index (χ0n) is 18.4. The first-order valence-corrected chi connectivity index (χ1v) is 12.1. The molecule has 0 aromatic heterocycles. The van der Waals surface area contributed by atoms with E-state index in [9.17, 15) is 23.1 Å². The Morgan fingerprint density at radius 3 is 1.65 bits per heavy atom. The molecule has 1 fully saturated rings. The molecule has 1 amide bonds. The van der Waals surface area contributed by atoms with Crippen LogP contribution in [-0.4, -0.2) is 34.6 Å². The van der Waals surface area contributed by atoms with Gasteiger partial charge < -0.3 is 10.4 Å². The summed E-state index contributed by atoms with van der Waals surface area (Å²) in [5.41, 5.74) is 3.02. The molecule has 0 aliphatic heterocycles. The third-order valence-electron chi connectivity index (χ3n) is 6.22. The zero-order valence-corrected chi connectivity index (χ0v) is 19.2. The zero-order chi connectivity index (χ0) is 24.2. The Morgan fingerprint density at radius 2 is 1.24 bits per heavy atom. The average molecular weight is 486 g/mol. The van der Waals surface area contributed by atoms with E-state index in [1.807, 2.05) is 91.0 Å². The van der Waals surface area contributed by atoms with Gasteiger partial charge in [0.1, 0.15) is 0 Å². The van der Waals surface area contributed by atoms with Crippen LogP contribution in [0.3, 0.4) is 0 Å². The lowest BCUT2D eigenvalue weighted by Gasteiger charge is -2.42. The first-order valence-electron chi connectivity index (χ1n) is 11.2. The molecular formula is C27H26F3NO2S. The van der Waals surface area contributed by atoms with Crippen molar-refractivity contribution >= 4 is 17.7 Å². The Morgan fingerprint density at radius 1 is 0.794 bits per heavy atom. The summed E-state index contributed by atoms with van der Waals surface area (Å²) in [7, 11) is 0. The molecule has 1 aliphatic rings. The topological polar surface area (TPSA) is 49.3 Å². The van der Waals surface area contributed by atoms with Crippen LogP contribution in [0, 0.1) is 0 Å². The second-order valence-corrected chi connectivity index (χ2v) is 9.94. The minimum absolute atomic E-state index is 0.238. The Hall–Kier alpha value is -2.77. The van der Waals surface area contributed by atoms with E-state index in [1.165, 1.54) is 11.8 Å². The number of nitrogens with one attached hydrogen (secondary N) is 1. The normalized spacial score (nSPS) is 21.1. The molecule has 0 saturated heterocycles. The van der Waals surface area contributed by atoms with Gasteiger partial charge in [0.2, 0.25) is 0 Å². The van der Waals surface area contributed by atoms with Crippen molar-refractivity contribution in [1.82, 2.24) is 5.32 Å². The summed E-state index contributed by atoms with van der Waals surface area (Å²) in [5, 5.41) is 12.7. The summed E-state index contributed by atoms with van der Waals surface area (Å²) < 4.78 is 37.8. The lowest BCUT2D eigenvalue weighted by Crippen LogP contribution is -2.48. The van der Waals surface area contributed by atoms with Gasteiger partial charge in [0.25, 0.3) is 0 Å². The number of carbonyl (C=O) groups is 1. The molecule has 3 nitrogen and oxygen atoms in total. The van der Waals surface area contributed by atoms with Crippen LogP contribution >= 0.6 is 11.8 Å². The van der Waals surface area contributed by atoms with Gasteiger partial charge in [0.15, 0.2) is 0 Å². The van der Waals surface area contributed by atoms with Gasteiger partial charge in [0.05, 0.1) is 10.9 Å². The molecule has 2 N–H and O–H groups in total. The molecule has 178 valence electrons. The van der Waals surface area contributed by atoms with Crippen LogP contribution in [0.25, 0.3) is 0 Å². The number of benzene rings is 3. The number of aliphatic hydroxyl groups is 1. The van der Waals surface area contributed by atoms with Crippen LogP contribution in [0.5, 0.6) is 0 Å². The predicted molar refractivity (Wildman–Crippen MR) is 128 cm³/mol. The van der Waals surface area contributed by atoms with Crippen LogP contribution in [0.1, 0.15) is 36.0 Å². The Balaban J connectivity index is 1.76. The highest BCUT2D eigenvalue weighted by Gasteiger charge is 2.45. The van der Waals surface area contributed by atoms with E-state index < -0.39 is 34.2 Å². The van der Waals surface area contributed by atoms with Crippen molar-refractivity contribution < 1.29 is 23.1 Å². The lowest BCUT2D eigenvalue weighted by atomic mass is 9.84. The van der Waals surface area contributed by atoms with E-state index in [1.54, 1.807) is 0 Å². The number of aliphatic hydroxyl groups excluding tert-OH is 1. The largest absolute Gasteiger partial charge is 0.471 e. The van der Waals surface area contributed by atoms with Crippen LogP contribution in [0.4, 0.5) is 13.2 Å². The quantitative estimate of drug-likeness (QED) is 0.442. The number of thioether (sulfide) groups is 1. The highest BCUT2D eigenvalue weighted by atomic mass is 32.2. The summed E-state index contributed by atoms with van der Waals surface area (Å²) in [4.78, 5) is 11.6. The molecule has 3 aromatic carbocycles. The molecule has 4 rings (SSSR count). The van der Waals surface area contributed by atoms with Crippen LogP contribution in [0.2, 0.25) is 0 Å². The molecule has 3 unspecified atom stereocenters. The molecule has 34 heavy (non-hydrogen) atoms. The molecule has 3 atom stereocenters. The van der Waals surface area contributed by atoms with Crippen molar-refractivity contribution in [3.8, 4) is 0 Å². The third-order valence-corrected chi connectivity index (χ3v) is 8.09. The van der Waals surface area contributed by atoms with E-state index in [-0.39, 0.29) is 6.42 Å². The SMILES string of the molecule is O=C(NC1CCC(O)C(SC(c2ccccc2)(c2ccccc2)c2ccccc2)C1)C(F)(F)F. The fraction of sp³-hybridized carbons (Fsp3) is 0.296. The summed E-state index contributed by atoms with van der Waals surface area (Å²) >= 11 is 1.54. The summed E-state index contributed by atoms with van der Waals surface area (Å²) in [6, 6.07) is 29.1. The van der Waals surface area contributed by atoms with Crippen molar-refractivity contribution in [1.29, 1.82) is 0 Å². The lowest BCUT2D eigenvalue weighted by molar-refractivity contribution is -0.174. The highest BCUT2D eigenvalue weighted by molar-refractivity contribution is 8.01. The van der Waals surface area contributed by atoms with Crippen molar-refractivity contribution in [2.45, 2.75) is 47.6 Å². The highest BCUT2D eigenvalue weighted by Crippen LogP contribution is 2.52. The number of hydrogen-bond donors (Lipinski definition) is 2. The standard InChI is InChI=1S/C27H26F3NO2S/c28-27(29,30)25(33)31-22-16-17-23(32)24(18-22)34-26(19-10-4-1-5-11-19,20-12-6-2-7-13-20)21-14-8-3-9-15-21/h1-15,22-24,32H,16-18H2,(H,31,33). The Kier molecular flexibility index (Phi) is 7.33. The summed E-state index contributed by atoms with van der Waals surface area (Å²) in [6.45, 7) is 0. The van der Waals surface area contributed by atoms with Gasteiger partial charge >= 0.3 is 12.1 Å². The van der Waals surface area contributed by atoms with Gasteiger partial charge in [-0.15, -0.1) is 11.8 Å². The first kappa shape index (κ1) is 24.4. The van der Waals surface area contributed by atoms with E-state index in [0.717, 1.165) is 16.7 Å². The molecule has 0 heterocycles. The number of carbonyl (C=O) groups excluding carboxylic acids is 1. The number of amides is 1. The van der Waals surface area contributed by atoms with Gasteiger partial charge in [0, 0.05) is 11.3 Å².